The average molecular weight is 390 g/mol. The highest BCUT2D eigenvalue weighted by Crippen LogP contribution is 2.20. The van der Waals surface area contributed by atoms with Crippen LogP contribution in [0.25, 0.3) is 0 Å². The first-order valence-electron chi connectivity index (χ1n) is 5.73. The summed E-state index contributed by atoms with van der Waals surface area (Å²) in [5.41, 5.74) is -0.695. The molecule has 2 rings (SSSR count). The van der Waals surface area contributed by atoms with E-state index in [0.717, 1.165) is 4.57 Å². The summed E-state index contributed by atoms with van der Waals surface area (Å²) in [7, 11) is 2.90. The second-order valence-electron chi connectivity index (χ2n) is 4.20. The van der Waals surface area contributed by atoms with E-state index in [-0.39, 0.29) is 17.9 Å². The standard InChI is InChI=1S/C13H12FIN2O3/c1-16-7-9(15)12(18)17(13(16)19)6-8-4-3-5-10(20-2)11(8)14/h3-5,7H,6H2,1-2H3. The summed E-state index contributed by atoms with van der Waals surface area (Å²) in [6.45, 7) is -0.134. The number of aromatic nitrogens is 2. The first-order chi connectivity index (χ1) is 9.45. The fourth-order valence-electron chi connectivity index (χ4n) is 1.83. The third-order valence-corrected chi connectivity index (χ3v) is 3.62. The molecule has 0 aliphatic carbocycles. The second-order valence-corrected chi connectivity index (χ2v) is 5.36. The van der Waals surface area contributed by atoms with Gasteiger partial charge in [-0.1, -0.05) is 12.1 Å². The number of rotatable bonds is 3. The van der Waals surface area contributed by atoms with Gasteiger partial charge >= 0.3 is 5.69 Å². The number of benzene rings is 1. The molecule has 0 aliphatic heterocycles. The van der Waals surface area contributed by atoms with Crippen molar-refractivity contribution in [3.8, 4) is 5.75 Å². The largest absolute Gasteiger partial charge is 0.494 e. The lowest BCUT2D eigenvalue weighted by molar-refractivity contribution is 0.383. The van der Waals surface area contributed by atoms with Gasteiger partial charge in [0.2, 0.25) is 0 Å². The van der Waals surface area contributed by atoms with E-state index in [0.29, 0.717) is 3.57 Å². The van der Waals surface area contributed by atoms with E-state index < -0.39 is 17.1 Å². The van der Waals surface area contributed by atoms with E-state index in [4.69, 9.17) is 4.74 Å². The molecule has 1 heterocycles. The van der Waals surface area contributed by atoms with Gasteiger partial charge in [0, 0.05) is 18.8 Å². The highest BCUT2D eigenvalue weighted by atomic mass is 127. The molecule has 0 saturated heterocycles. The maximum Gasteiger partial charge on any atom is 0.331 e. The first kappa shape index (κ1) is 14.8. The van der Waals surface area contributed by atoms with Crippen LogP contribution in [-0.2, 0) is 13.6 Å². The van der Waals surface area contributed by atoms with Crippen molar-refractivity contribution in [1.29, 1.82) is 0 Å². The van der Waals surface area contributed by atoms with Crippen LogP contribution in [0.2, 0.25) is 0 Å². The predicted octanol–water partition coefficient (Wildman–Crippen LogP) is 1.35. The molecule has 0 atom stereocenters. The quantitative estimate of drug-likeness (QED) is 0.744. The molecule has 0 unspecified atom stereocenters. The van der Waals surface area contributed by atoms with E-state index >= 15 is 0 Å². The van der Waals surface area contributed by atoms with E-state index in [1.165, 1.54) is 30.0 Å². The van der Waals surface area contributed by atoms with Crippen molar-refractivity contribution in [2.75, 3.05) is 7.11 Å². The third kappa shape index (κ3) is 2.62. The smallest absolute Gasteiger partial charge is 0.331 e. The van der Waals surface area contributed by atoms with E-state index in [9.17, 15) is 14.0 Å². The zero-order valence-electron chi connectivity index (χ0n) is 10.9. The Morgan fingerprint density at radius 1 is 1.35 bits per heavy atom. The normalized spacial score (nSPS) is 10.6. The van der Waals surface area contributed by atoms with Gasteiger partial charge in [-0.3, -0.25) is 9.36 Å². The average Bonchev–Trinajstić information content (AvgIpc) is 2.43. The van der Waals surface area contributed by atoms with Gasteiger partial charge in [-0.05, 0) is 28.7 Å². The lowest BCUT2D eigenvalue weighted by Gasteiger charge is -2.10. The van der Waals surface area contributed by atoms with Crippen molar-refractivity contribution >= 4 is 22.6 Å². The molecule has 0 spiro atoms. The number of halogens is 2. The van der Waals surface area contributed by atoms with E-state index in [1.54, 1.807) is 13.1 Å². The molecule has 1 aromatic heterocycles. The Hall–Kier alpha value is -1.64. The van der Waals surface area contributed by atoms with Crippen LogP contribution >= 0.6 is 22.6 Å². The number of hydrogen-bond acceptors (Lipinski definition) is 3. The highest BCUT2D eigenvalue weighted by molar-refractivity contribution is 14.1. The Morgan fingerprint density at radius 2 is 2.05 bits per heavy atom. The minimum Gasteiger partial charge on any atom is -0.494 e. The number of nitrogens with zero attached hydrogens (tertiary/aromatic N) is 2. The molecule has 5 nitrogen and oxygen atoms in total. The molecule has 0 radical (unpaired) electrons. The summed E-state index contributed by atoms with van der Waals surface area (Å²) in [6.07, 6.45) is 1.45. The SMILES string of the molecule is COc1cccc(Cn2c(=O)c(I)cn(C)c2=O)c1F. The molecule has 106 valence electrons. The third-order valence-electron chi connectivity index (χ3n) is 2.88. The first-order valence-corrected chi connectivity index (χ1v) is 6.81. The number of hydrogen-bond donors (Lipinski definition) is 0. The second kappa shape index (κ2) is 5.78. The fourth-order valence-corrected chi connectivity index (χ4v) is 2.54. The van der Waals surface area contributed by atoms with Crippen molar-refractivity contribution in [3.05, 3.63) is 60.2 Å². The zero-order chi connectivity index (χ0) is 14.9. The summed E-state index contributed by atoms with van der Waals surface area (Å²) < 4.78 is 21.6. The Labute approximate surface area is 127 Å². The number of aryl methyl sites for hydroxylation is 1. The molecule has 0 amide bonds. The number of methoxy groups -OCH3 is 1. The minimum absolute atomic E-state index is 0.0815. The summed E-state index contributed by atoms with van der Waals surface area (Å²) >= 11 is 1.85. The van der Waals surface area contributed by atoms with Crippen LogP contribution in [0.15, 0.2) is 34.0 Å². The zero-order valence-corrected chi connectivity index (χ0v) is 13.0. The Kier molecular flexibility index (Phi) is 4.26. The number of ether oxygens (including phenoxy) is 1. The van der Waals surface area contributed by atoms with E-state index in [1.807, 2.05) is 22.6 Å². The Balaban J connectivity index is 2.57. The van der Waals surface area contributed by atoms with Crippen LogP contribution in [-0.4, -0.2) is 16.2 Å². The summed E-state index contributed by atoms with van der Waals surface area (Å²) in [5.74, 6) is -0.485. The van der Waals surface area contributed by atoms with Crippen LogP contribution < -0.4 is 16.0 Å². The van der Waals surface area contributed by atoms with Crippen molar-refractivity contribution in [2.45, 2.75) is 6.54 Å². The molecular weight excluding hydrogens is 378 g/mol. The molecular formula is C13H12FIN2O3. The van der Waals surface area contributed by atoms with Gasteiger partial charge in [0.05, 0.1) is 17.2 Å². The van der Waals surface area contributed by atoms with Crippen LogP contribution in [0.5, 0.6) is 5.75 Å². The van der Waals surface area contributed by atoms with Gasteiger partial charge in [0.1, 0.15) is 0 Å². The van der Waals surface area contributed by atoms with Gasteiger partial charge in [-0.2, -0.15) is 0 Å². The Bertz CT molecular complexity index is 733. The lowest BCUT2D eigenvalue weighted by atomic mass is 10.2. The molecule has 2 aromatic rings. The van der Waals surface area contributed by atoms with Gasteiger partial charge in [0.15, 0.2) is 11.6 Å². The molecule has 0 aliphatic rings. The van der Waals surface area contributed by atoms with Crippen LogP contribution in [0, 0.1) is 9.39 Å². The molecule has 20 heavy (non-hydrogen) atoms. The Morgan fingerprint density at radius 3 is 2.70 bits per heavy atom. The molecule has 1 aromatic carbocycles. The van der Waals surface area contributed by atoms with Crippen molar-refractivity contribution < 1.29 is 9.13 Å². The van der Waals surface area contributed by atoms with Gasteiger partial charge in [-0.25, -0.2) is 9.18 Å². The molecule has 0 saturated carbocycles. The van der Waals surface area contributed by atoms with Gasteiger partial charge in [0.25, 0.3) is 5.56 Å². The van der Waals surface area contributed by atoms with Crippen LogP contribution in [0.4, 0.5) is 4.39 Å². The molecule has 0 fully saturated rings. The van der Waals surface area contributed by atoms with Crippen LogP contribution in [0.1, 0.15) is 5.56 Å². The van der Waals surface area contributed by atoms with Gasteiger partial charge < -0.3 is 9.30 Å². The molecule has 0 bridgehead atoms. The van der Waals surface area contributed by atoms with Gasteiger partial charge in [-0.15, -0.1) is 0 Å². The topological polar surface area (TPSA) is 53.2 Å². The maximum absolute atomic E-state index is 14.1. The molecule has 0 N–H and O–H groups in total. The van der Waals surface area contributed by atoms with Crippen LogP contribution in [0.3, 0.4) is 0 Å². The molecule has 7 heteroatoms. The predicted molar refractivity (Wildman–Crippen MR) is 80.7 cm³/mol. The van der Waals surface area contributed by atoms with Crippen molar-refractivity contribution in [2.24, 2.45) is 7.05 Å². The van der Waals surface area contributed by atoms with Crippen molar-refractivity contribution in [1.82, 2.24) is 9.13 Å². The fraction of sp³-hybridized carbons (Fsp3) is 0.231. The van der Waals surface area contributed by atoms with E-state index in [2.05, 4.69) is 0 Å². The maximum atomic E-state index is 14.1. The highest BCUT2D eigenvalue weighted by Gasteiger charge is 2.13. The lowest BCUT2D eigenvalue weighted by Crippen LogP contribution is -2.40. The minimum atomic E-state index is -0.567. The summed E-state index contributed by atoms with van der Waals surface area (Å²) in [5, 5.41) is 0. The summed E-state index contributed by atoms with van der Waals surface area (Å²) in [4.78, 5) is 24.0. The summed E-state index contributed by atoms with van der Waals surface area (Å²) in [6, 6.07) is 4.61. The van der Waals surface area contributed by atoms with Crippen molar-refractivity contribution in [3.63, 3.8) is 0 Å². The monoisotopic (exact) mass is 390 g/mol.